The van der Waals surface area contributed by atoms with Gasteiger partial charge in [-0.3, -0.25) is 0 Å². The number of hydrogen-bond acceptors (Lipinski definition) is 3. The molecule has 0 spiro atoms. The Morgan fingerprint density at radius 2 is 2.25 bits per heavy atom. The molecule has 1 atom stereocenters. The van der Waals surface area contributed by atoms with E-state index in [2.05, 4.69) is 36.1 Å². The van der Waals surface area contributed by atoms with Gasteiger partial charge in [0.15, 0.2) is 0 Å². The van der Waals surface area contributed by atoms with Crippen LogP contribution in [0.4, 0.5) is 5.69 Å². The van der Waals surface area contributed by atoms with Gasteiger partial charge in [-0.1, -0.05) is 25.1 Å². The standard InChI is InChI=1S/C13H19NO2/c1-2-11-5-3-4-6-13(11)14-7-8-16-12(9-14)10-15/h3-6,12,15H,2,7-10H2,1H3. The molecule has 1 aliphatic heterocycles. The zero-order valence-corrected chi connectivity index (χ0v) is 9.72. The molecule has 0 saturated carbocycles. The molecule has 1 aliphatic rings. The Labute approximate surface area is 96.6 Å². The van der Waals surface area contributed by atoms with Crippen LogP contribution in [0.25, 0.3) is 0 Å². The third kappa shape index (κ3) is 2.36. The predicted octanol–water partition coefficient (Wildman–Crippen LogP) is 1.45. The molecule has 88 valence electrons. The van der Waals surface area contributed by atoms with Crippen LogP contribution in [0.3, 0.4) is 0 Å². The molecule has 1 heterocycles. The van der Waals surface area contributed by atoms with E-state index in [4.69, 9.17) is 9.84 Å². The number of aryl methyl sites for hydroxylation is 1. The average molecular weight is 221 g/mol. The van der Waals surface area contributed by atoms with Crippen molar-refractivity contribution in [3.63, 3.8) is 0 Å². The second-order valence-electron chi connectivity index (χ2n) is 4.10. The number of para-hydroxylation sites is 1. The second kappa shape index (κ2) is 5.32. The van der Waals surface area contributed by atoms with Gasteiger partial charge in [-0.2, -0.15) is 0 Å². The number of aliphatic hydroxyl groups excluding tert-OH is 1. The molecule has 16 heavy (non-hydrogen) atoms. The van der Waals surface area contributed by atoms with Crippen LogP contribution in [0.15, 0.2) is 24.3 Å². The van der Waals surface area contributed by atoms with Gasteiger partial charge in [-0.15, -0.1) is 0 Å². The van der Waals surface area contributed by atoms with Gasteiger partial charge in [0.2, 0.25) is 0 Å². The van der Waals surface area contributed by atoms with Gasteiger partial charge in [-0.05, 0) is 18.1 Å². The summed E-state index contributed by atoms with van der Waals surface area (Å²) >= 11 is 0. The van der Waals surface area contributed by atoms with E-state index in [-0.39, 0.29) is 12.7 Å². The Balaban J connectivity index is 2.16. The Bertz CT molecular complexity index is 340. The minimum atomic E-state index is -0.0429. The quantitative estimate of drug-likeness (QED) is 0.838. The van der Waals surface area contributed by atoms with Gasteiger partial charge in [0.1, 0.15) is 0 Å². The van der Waals surface area contributed by atoms with Gasteiger partial charge in [-0.25, -0.2) is 0 Å². The number of ether oxygens (including phenoxy) is 1. The molecule has 1 fully saturated rings. The molecule has 0 radical (unpaired) electrons. The summed E-state index contributed by atoms with van der Waals surface area (Å²) in [6.07, 6.45) is 0.996. The number of aliphatic hydroxyl groups is 1. The monoisotopic (exact) mass is 221 g/mol. The van der Waals surface area contributed by atoms with Crippen LogP contribution < -0.4 is 4.90 Å². The van der Waals surface area contributed by atoms with Crippen LogP contribution in [0.5, 0.6) is 0 Å². The molecule has 1 unspecified atom stereocenters. The number of anilines is 1. The number of hydrogen-bond donors (Lipinski definition) is 1. The van der Waals surface area contributed by atoms with Crippen molar-refractivity contribution in [3.8, 4) is 0 Å². The molecule has 0 bridgehead atoms. The zero-order valence-electron chi connectivity index (χ0n) is 9.72. The molecule has 1 aromatic rings. The molecular weight excluding hydrogens is 202 g/mol. The van der Waals surface area contributed by atoms with Crippen LogP contribution in [-0.4, -0.2) is 37.5 Å². The van der Waals surface area contributed by atoms with Crippen LogP contribution in [-0.2, 0) is 11.2 Å². The van der Waals surface area contributed by atoms with Crippen LogP contribution >= 0.6 is 0 Å². The molecule has 1 aromatic carbocycles. The van der Waals surface area contributed by atoms with Crippen molar-refractivity contribution < 1.29 is 9.84 Å². The number of benzene rings is 1. The molecule has 1 saturated heterocycles. The lowest BCUT2D eigenvalue weighted by Gasteiger charge is -2.34. The highest BCUT2D eigenvalue weighted by Gasteiger charge is 2.20. The normalized spacial score (nSPS) is 21.1. The van der Waals surface area contributed by atoms with Crippen molar-refractivity contribution in [1.82, 2.24) is 0 Å². The lowest BCUT2D eigenvalue weighted by Crippen LogP contribution is -2.44. The molecule has 1 N–H and O–H groups in total. The molecule has 0 aromatic heterocycles. The summed E-state index contributed by atoms with van der Waals surface area (Å²) in [5.41, 5.74) is 2.65. The van der Waals surface area contributed by atoms with Gasteiger partial charge in [0, 0.05) is 18.8 Å². The largest absolute Gasteiger partial charge is 0.394 e. The van der Waals surface area contributed by atoms with E-state index in [0.717, 1.165) is 19.5 Å². The van der Waals surface area contributed by atoms with Crippen molar-refractivity contribution in [3.05, 3.63) is 29.8 Å². The van der Waals surface area contributed by atoms with Crippen molar-refractivity contribution in [2.45, 2.75) is 19.4 Å². The SMILES string of the molecule is CCc1ccccc1N1CCOC(CO)C1. The van der Waals surface area contributed by atoms with E-state index in [1.165, 1.54) is 11.3 Å². The highest BCUT2D eigenvalue weighted by molar-refractivity contribution is 5.54. The van der Waals surface area contributed by atoms with Crippen molar-refractivity contribution in [2.24, 2.45) is 0 Å². The van der Waals surface area contributed by atoms with Gasteiger partial charge in [0.05, 0.1) is 19.3 Å². The Hall–Kier alpha value is -1.06. The van der Waals surface area contributed by atoms with E-state index < -0.39 is 0 Å². The highest BCUT2D eigenvalue weighted by atomic mass is 16.5. The maximum Gasteiger partial charge on any atom is 0.0980 e. The maximum absolute atomic E-state index is 9.13. The molecular formula is C13H19NO2. The summed E-state index contributed by atoms with van der Waals surface area (Å²) in [7, 11) is 0. The fourth-order valence-electron chi connectivity index (χ4n) is 2.17. The van der Waals surface area contributed by atoms with Gasteiger partial charge in [0.25, 0.3) is 0 Å². The van der Waals surface area contributed by atoms with Crippen molar-refractivity contribution in [2.75, 3.05) is 31.2 Å². The summed E-state index contributed by atoms with van der Waals surface area (Å²) in [4.78, 5) is 2.31. The minimum Gasteiger partial charge on any atom is -0.394 e. The molecule has 0 amide bonds. The number of nitrogens with zero attached hydrogens (tertiary/aromatic N) is 1. The van der Waals surface area contributed by atoms with Gasteiger partial charge >= 0.3 is 0 Å². The summed E-state index contributed by atoms with van der Waals surface area (Å²) in [5, 5.41) is 9.13. The number of rotatable bonds is 3. The Morgan fingerprint density at radius 1 is 1.44 bits per heavy atom. The minimum absolute atomic E-state index is 0.0429. The molecule has 3 nitrogen and oxygen atoms in total. The first kappa shape index (κ1) is 11.4. The summed E-state index contributed by atoms with van der Waals surface area (Å²) in [6.45, 7) is 4.66. The number of morpholine rings is 1. The first-order valence-electron chi connectivity index (χ1n) is 5.90. The van der Waals surface area contributed by atoms with E-state index in [9.17, 15) is 0 Å². The fourth-order valence-corrected chi connectivity index (χ4v) is 2.17. The molecule has 3 heteroatoms. The lowest BCUT2D eigenvalue weighted by molar-refractivity contribution is 0.00353. The van der Waals surface area contributed by atoms with E-state index in [0.29, 0.717) is 6.61 Å². The van der Waals surface area contributed by atoms with Crippen LogP contribution in [0, 0.1) is 0 Å². The topological polar surface area (TPSA) is 32.7 Å². The third-order valence-electron chi connectivity index (χ3n) is 3.06. The predicted molar refractivity (Wildman–Crippen MR) is 64.9 cm³/mol. The first-order valence-corrected chi connectivity index (χ1v) is 5.90. The maximum atomic E-state index is 9.13. The second-order valence-corrected chi connectivity index (χ2v) is 4.10. The van der Waals surface area contributed by atoms with Gasteiger partial charge < -0.3 is 14.7 Å². The van der Waals surface area contributed by atoms with E-state index in [1.807, 2.05) is 0 Å². The Kier molecular flexibility index (Phi) is 3.80. The summed E-state index contributed by atoms with van der Waals surface area (Å²) in [6, 6.07) is 8.46. The van der Waals surface area contributed by atoms with Crippen LogP contribution in [0.1, 0.15) is 12.5 Å². The molecule has 0 aliphatic carbocycles. The van der Waals surface area contributed by atoms with E-state index in [1.54, 1.807) is 0 Å². The Morgan fingerprint density at radius 3 is 3.00 bits per heavy atom. The average Bonchev–Trinajstić information content (AvgIpc) is 2.38. The first-order chi connectivity index (χ1) is 7.85. The summed E-state index contributed by atoms with van der Waals surface area (Å²) in [5.74, 6) is 0. The zero-order chi connectivity index (χ0) is 11.4. The lowest BCUT2D eigenvalue weighted by atomic mass is 10.1. The molecule has 2 rings (SSSR count). The third-order valence-corrected chi connectivity index (χ3v) is 3.06. The summed E-state index contributed by atoms with van der Waals surface area (Å²) < 4.78 is 5.46. The smallest absolute Gasteiger partial charge is 0.0980 e. The van der Waals surface area contributed by atoms with Crippen molar-refractivity contribution >= 4 is 5.69 Å². The van der Waals surface area contributed by atoms with Crippen molar-refractivity contribution in [1.29, 1.82) is 0 Å². The van der Waals surface area contributed by atoms with Crippen LogP contribution in [0.2, 0.25) is 0 Å². The highest BCUT2D eigenvalue weighted by Crippen LogP contribution is 2.22. The fraction of sp³-hybridized carbons (Fsp3) is 0.538. The van der Waals surface area contributed by atoms with E-state index >= 15 is 0 Å².